The number of aromatic nitrogens is 1. The van der Waals surface area contributed by atoms with Crippen LogP contribution in [-0.2, 0) is 14.6 Å². The Bertz CT molecular complexity index is 909. The van der Waals surface area contributed by atoms with E-state index in [1.54, 1.807) is 29.3 Å². The molecule has 2 aromatic rings. The molecule has 0 bridgehead atoms. The van der Waals surface area contributed by atoms with E-state index in [1.165, 1.54) is 19.2 Å². The van der Waals surface area contributed by atoms with E-state index >= 15 is 0 Å². The van der Waals surface area contributed by atoms with Crippen LogP contribution in [0, 0.1) is 0 Å². The van der Waals surface area contributed by atoms with Crippen molar-refractivity contribution in [1.29, 1.82) is 0 Å². The van der Waals surface area contributed by atoms with Crippen molar-refractivity contribution in [3.8, 4) is 0 Å². The van der Waals surface area contributed by atoms with Gasteiger partial charge in [-0.3, -0.25) is 4.79 Å². The quantitative estimate of drug-likeness (QED) is 0.708. The third-order valence-corrected chi connectivity index (χ3v) is 6.54. The fraction of sp³-hybridized carbons (Fsp3) is 0.368. The van der Waals surface area contributed by atoms with E-state index in [1.807, 2.05) is 6.07 Å². The molecule has 1 fully saturated rings. The molecule has 0 radical (unpaired) electrons. The molecule has 0 N–H and O–H groups in total. The van der Waals surface area contributed by atoms with Gasteiger partial charge in [0.25, 0.3) is 5.91 Å². The van der Waals surface area contributed by atoms with Crippen LogP contribution in [0.25, 0.3) is 0 Å². The van der Waals surface area contributed by atoms with Gasteiger partial charge in [-0.1, -0.05) is 11.6 Å². The second-order valence-corrected chi connectivity index (χ2v) is 9.00. The summed E-state index contributed by atoms with van der Waals surface area (Å²) in [5.41, 5.74) is 0.476. The predicted octanol–water partition coefficient (Wildman–Crippen LogP) is 2.12. The summed E-state index contributed by atoms with van der Waals surface area (Å²) in [6, 6.07) is 9.74. The van der Waals surface area contributed by atoms with E-state index in [0.717, 1.165) is 5.82 Å². The highest BCUT2D eigenvalue weighted by Gasteiger charge is 2.23. The molecule has 0 unspecified atom stereocenters. The number of anilines is 1. The fourth-order valence-corrected chi connectivity index (χ4v) is 4.28. The lowest BCUT2D eigenvalue weighted by Crippen LogP contribution is -2.49. The van der Waals surface area contributed by atoms with Crippen molar-refractivity contribution >= 4 is 33.2 Å². The van der Waals surface area contributed by atoms with E-state index in [-0.39, 0.29) is 23.2 Å². The first-order valence-corrected chi connectivity index (χ1v) is 10.9. The average molecular weight is 424 g/mol. The first-order chi connectivity index (χ1) is 13.4. The van der Waals surface area contributed by atoms with E-state index in [2.05, 4.69) is 9.88 Å². The number of hydrogen-bond donors (Lipinski definition) is 0. The van der Waals surface area contributed by atoms with Crippen molar-refractivity contribution in [3.05, 3.63) is 53.2 Å². The first-order valence-electron chi connectivity index (χ1n) is 8.88. The van der Waals surface area contributed by atoms with Gasteiger partial charge in [-0.2, -0.15) is 0 Å². The van der Waals surface area contributed by atoms with E-state index in [9.17, 15) is 13.2 Å². The summed E-state index contributed by atoms with van der Waals surface area (Å²) in [5, 5.41) is 0.588. The molecule has 2 heterocycles. The van der Waals surface area contributed by atoms with Gasteiger partial charge in [-0.25, -0.2) is 13.4 Å². The summed E-state index contributed by atoms with van der Waals surface area (Å²) in [4.78, 5) is 21.1. The molecule has 0 aliphatic carbocycles. The van der Waals surface area contributed by atoms with Crippen LogP contribution in [0.3, 0.4) is 0 Å². The number of benzene rings is 1. The number of carbonyl (C=O) groups is 1. The molecule has 0 spiro atoms. The van der Waals surface area contributed by atoms with Gasteiger partial charge in [-0.05, 0) is 36.4 Å². The summed E-state index contributed by atoms with van der Waals surface area (Å²) in [6.45, 7) is 2.61. The molecule has 0 saturated carbocycles. The van der Waals surface area contributed by atoms with E-state index in [4.69, 9.17) is 16.3 Å². The third kappa shape index (κ3) is 4.81. The molecule has 7 nitrogen and oxygen atoms in total. The van der Waals surface area contributed by atoms with Crippen LogP contribution in [0.15, 0.2) is 47.5 Å². The second-order valence-electron chi connectivity index (χ2n) is 6.45. The number of amides is 1. The lowest BCUT2D eigenvalue weighted by atomic mass is 10.2. The lowest BCUT2D eigenvalue weighted by Gasteiger charge is -2.35. The zero-order valence-electron chi connectivity index (χ0n) is 15.5. The van der Waals surface area contributed by atoms with Gasteiger partial charge >= 0.3 is 0 Å². The Balaban J connectivity index is 1.61. The van der Waals surface area contributed by atoms with Gasteiger partial charge in [0.15, 0.2) is 9.84 Å². The Labute approximate surface area is 169 Å². The van der Waals surface area contributed by atoms with Crippen LogP contribution in [0.2, 0.25) is 5.02 Å². The molecular weight excluding hydrogens is 402 g/mol. The molecule has 28 heavy (non-hydrogen) atoms. The number of hydrogen-bond acceptors (Lipinski definition) is 6. The summed E-state index contributed by atoms with van der Waals surface area (Å²) in [7, 11) is -1.95. The largest absolute Gasteiger partial charge is 0.384 e. The van der Waals surface area contributed by atoms with Crippen LogP contribution >= 0.6 is 11.6 Å². The molecule has 1 aromatic heterocycles. The minimum Gasteiger partial charge on any atom is -0.384 e. The van der Waals surface area contributed by atoms with Gasteiger partial charge in [0.2, 0.25) is 0 Å². The van der Waals surface area contributed by atoms with Crippen LogP contribution < -0.4 is 4.90 Å². The number of nitrogens with zero attached hydrogens (tertiary/aromatic N) is 3. The highest BCUT2D eigenvalue weighted by molar-refractivity contribution is 7.91. The van der Waals surface area contributed by atoms with Gasteiger partial charge in [0, 0.05) is 45.0 Å². The number of pyridine rings is 1. The molecule has 9 heteroatoms. The summed E-state index contributed by atoms with van der Waals surface area (Å²) in [5.74, 6) is 0.643. The highest BCUT2D eigenvalue weighted by atomic mass is 35.5. The molecule has 1 amide bonds. The summed E-state index contributed by atoms with van der Waals surface area (Å²) in [6.07, 6.45) is 1.61. The highest BCUT2D eigenvalue weighted by Crippen LogP contribution is 2.18. The van der Waals surface area contributed by atoms with Gasteiger partial charge in [0.1, 0.15) is 5.82 Å². The first kappa shape index (κ1) is 20.6. The van der Waals surface area contributed by atoms with Gasteiger partial charge in [0.05, 0.1) is 22.3 Å². The number of methoxy groups -OCH3 is 1. The monoisotopic (exact) mass is 423 g/mol. The molecule has 3 rings (SSSR count). The zero-order valence-corrected chi connectivity index (χ0v) is 17.1. The van der Waals surface area contributed by atoms with E-state index in [0.29, 0.717) is 36.8 Å². The van der Waals surface area contributed by atoms with Gasteiger partial charge in [-0.15, -0.1) is 0 Å². The normalized spacial score (nSPS) is 14.9. The Hall–Kier alpha value is -2.16. The number of piperazine rings is 1. The Morgan fingerprint density at radius 2 is 1.79 bits per heavy atom. The smallest absolute Gasteiger partial charge is 0.253 e. The summed E-state index contributed by atoms with van der Waals surface area (Å²) >= 11 is 5.87. The minimum atomic E-state index is -3.40. The van der Waals surface area contributed by atoms with Crippen LogP contribution in [0.1, 0.15) is 10.4 Å². The Kier molecular flexibility index (Phi) is 6.53. The Morgan fingerprint density at radius 3 is 2.36 bits per heavy atom. The van der Waals surface area contributed by atoms with Gasteiger partial charge < -0.3 is 14.5 Å². The van der Waals surface area contributed by atoms with Crippen molar-refractivity contribution < 1.29 is 17.9 Å². The predicted molar refractivity (Wildman–Crippen MR) is 108 cm³/mol. The number of sulfone groups is 1. The Morgan fingerprint density at radius 1 is 1.11 bits per heavy atom. The third-order valence-electron chi connectivity index (χ3n) is 4.62. The van der Waals surface area contributed by atoms with Crippen LogP contribution in [-0.4, -0.2) is 69.9 Å². The zero-order chi connectivity index (χ0) is 20.1. The maximum absolute atomic E-state index is 12.7. The molecular formula is C19H22ClN3O4S. The molecule has 0 atom stereocenters. The van der Waals surface area contributed by atoms with Crippen molar-refractivity contribution in [1.82, 2.24) is 9.88 Å². The fourth-order valence-electron chi connectivity index (χ4n) is 2.99. The van der Waals surface area contributed by atoms with Crippen molar-refractivity contribution in [3.63, 3.8) is 0 Å². The van der Waals surface area contributed by atoms with E-state index < -0.39 is 9.84 Å². The SMILES string of the molecule is COCCS(=O)(=O)c1ccc(C(=O)N2CCN(c3ccc(Cl)cn3)CC2)cc1. The maximum atomic E-state index is 12.7. The molecule has 1 aliphatic rings. The van der Waals surface area contributed by atoms with Crippen LogP contribution in [0.5, 0.6) is 0 Å². The number of carbonyl (C=O) groups excluding carboxylic acids is 1. The number of ether oxygens (including phenoxy) is 1. The molecule has 1 saturated heterocycles. The van der Waals surface area contributed by atoms with Crippen molar-refractivity contribution in [2.75, 3.05) is 50.5 Å². The van der Waals surface area contributed by atoms with Crippen LogP contribution in [0.4, 0.5) is 5.82 Å². The average Bonchev–Trinajstić information content (AvgIpc) is 2.72. The maximum Gasteiger partial charge on any atom is 0.253 e. The number of halogens is 1. The second kappa shape index (κ2) is 8.89. The lowest BCUT2D eigenvalue weighted by molar-refractivity contribution is 0.0746. The standard InChI is InChI=1S/C19H22ClN3O4S/c1-27-12-13-28(25,26)17-5-2-15(3-6-17)19(24)23-10-8-22(9-11-23)18-7-4-16(20)14-21-18/h2-7,14H,8-13H2,1H3. The van der Waals surface area contributed by atoms with Crippen molar-refractivity contribution in [2.45, 2.75) is 4.90 Å². The van der Waals surface area contributed by atoms with Crippen molar-refractivity contribution in [2.24, 2.45) is 0 Å². The molecule has 1 aromatic carbocycles. The molecule has 150 valence electrons. The summed E-state index contributed by atoms with van der Waals surface area (Å²) < 4.78 is 29.2. The minimum absolute atomic E-state index is 0.0858. The molecule has 1 aliphatic heterocycles. The number of rotatable bonds is 6. The topological polar surface area (TPSA) is 79.8 Å².